The second kappa shape index (κ2) is 4.96. The van der Waals surface area contributed by atoms with Gasteiger partial charge in [-0.25, -0.2) is 0 Å². The van der Waals surface area contributed by atoms with Crippen molar-refractivity contribution in [1.82, 2.24) is 0 Å². The molecule has 1 aromatic rings. The number of nitrogens with two attached hydrogens (primary N) is 1. The molecule has 2 N–H and O–H groups in total. The molecule has 0 aliphatic carbocycles. The van der Waals surface area contributed by atoms with E-state index in [0.29, 0.717) is 0 Å². The summed E-state index contributed by atoms with van der Waals surface area (Å²) in [6.45, 7) is 3.99. The summed E-state index contributed by atoms with van der Waals surface area (Å²) < 4.78 is 0.908. The van der Waals surface area contributed by atoms with Crippen LogP contribution in [0.3, 0.4) is 0 Å². The normalized spacial score (nSPS) is 14.2. The highest BCUT2D eigenvalue weighted by Crippen LogP contribution is 2.24. The Morgan fingerprint density at radius 1 is 1.57 bits per heavy atom. The van der Waals surface area contributed by atoms with Crippen LogP contribution in [0, 0.1) is 0 Å². The van der Waals surface area contributed by atoms with Crippen molar-refractivity contribution < 1.29 is 0 Å². The van der Waals surface area contributed by atoms with E-state index in [1.165, 1.54) is 0 Å². The van der Waals surface area contributed by atoms with Gasteiger partial charge >= 0.3 is 0 Å². The lowest BCUT2D eigenvalue weighted by Crippen LogP contribution is -2.15. The zero-order valence-corrected chi connectivity index (χ0v) is 10.6. The molecule has 0 fully saturated rings. The van der Waals surface area contributed by atoms with Crippen molar-refractivity contribution in [2.24, 2.45) is 5.73 Å². The first-order chi connectivity index (χ1) is 6.50. The van der Waals surface area contributed by atoms with Crippen molar-refractivity contribution in [3.8, 4) is 0 Å². The maximum absolute atomic E-state index is 5.89. The first-order valence-electron chi connectivity index (χ1n) is 4.39. The summed E-state index contributed by atoms with van der Waals surface area (Å²) >= 11 is 9.27. The predicted molar refractivity (Wildman–Crippen MR) is 66.5 cm³/mol. The second-order valence-electron chi connectivity index (χ2n) is 3.35. The summed E-state index contributed by atoms with van der Waals surface area (Å²) in [5.41, 5.74) is 8.01. The predicted octanol–water partition coefficient (Wildman–Crippen LogP) is 3.85. The van der Waals surface area contributed by atoms with Gasteiger partial charge in [-0.1, -0.05) is 29.3 Å². The molecule has 0 bridgehead atoms. The maximum atomic E-state index is 5.89. The van der Waals surface area contributed by atoms with E-state index in [1.54, 1.807) is 0 Å². The van der Waals surface area contributed by atoms with Gasteiger partial charge in [0, 0.05) is 10.5 Å². The highest BCUT2D eigenvalue weighted by Gasteiger charge is 1.99. The van der Waals surface area contributed by atoms with Crippen molar-refractivity contribution >= 4 is 33.6 Å². The van der Waals surface area contributed by atoms with Gasteiger partial charge in [0.15, 0.2) is 0 Å². The van der Waals surface area contributed by atoms with Crippen molar-refractivity contribution in [2.45, 2.75) is 19.9 Å². The van der Waals surface area contributed by atoms with Gasteiger partial charge in [0.05, 0.1) is 5.02 Å². The van der Waals surface area contributed by atoms with Gasteiger partial charge in [0.25, 0.3) is 0 Å². The molecule has 1 aromatic carbocycles. The van der Waals surface area contributed by atoms with Crippen LogP contribution < -0.4 is 5.73 Å². The van der Waals surface area contributed by atoms with Crippen LogP contribution in [0.15, 0.2) is 28.2 Å². The monoisotopic (exact) mass is 273 g/mol. The van der Waals surface area contributed by atoms with Gasteiger partial charge in [0.2, 0.25) is 0 Å². The van der Waals surface area contributed by atoms with E-state index in [-0.39, 0.29) is 6.04 Å². The van der Waals surface area contributed by atoms with Crippen LogP contribution in [0.5, 0.6) is 0 Å². The molecule has 1 nitrogen and oxygen atoms in total. The molecule has 0 aromatic heterocycles. The average molecular weight is 275 g/mol. The Morgan fingerprint density at radius 2 is 2.21 bits per heavy atom. The third-order valence-corrected chi connectivity index (χ3v) is 3.27. The topological polar surface area (TPSA) is 26.0 Å². The van der Waals surface area contributed by atoms with Crippen molar-refractivity contribution in [3.05, 3.63) is 38.8 Å². The summed E-state index contributed by atoms with van der Waals surface area (Å²) in [5, 5.41) is 0.723. The van der Waals surface area contributed by atoms with E-state index in [0.717, 1.165) is 20.6 Å². The molecule has 76 valence electrons. The summed E-state index contributed by atoms with van der Waals surface area (Å²) in [6, 6.07) is 5.91. The third-order valence-electron chi connectivity index (χ3n) is 2.06. The molecular formula is C11H13BrClN. The number of hydrogen-bond acceptors (Lipinski definition) is 1. The second-order valence-corrected chi connectivity index (χ2v) is 4.61. The molecule has 0 saturated carbocycles. The van der Waals surface area contributed by atoms with Gasteiger partial charge in [-0.05, 0) is 47.5 Å². The molecule has 1 atom stereocenters. The fourth-order valence-corrected chi connectivity index (χ4v) is 1.51. The standard InChI is InChI=1S/C11H13BrClN/c1-7(8(2)14)5-9-3-4-11(13)10(12)6-9/h3-6,8H,14H2,1-2H3/b7-5+. The molecule has 0 aliphatic heterocycles. The minimum Gasteiger partial charge on any atom is -0.324 e. The SMILES string of the molecule is C/C(=C\c1ccc(Cl)c(Br)c1)C(C)N. The van der Waals surface area contributed by atoms with E-state index >= 15 is 0 Å². The molecule has 0 aliphatic rings. The Kier molecular flexibility index (Phi) is 4.17. The van der Waals surface area contributed by atoms with Crippen LogP contribution >= 0.6 is 27.5 Å². The molecule has 0 saturated heterocycles. The van der Waals surface area contributed by atoms with Crippen LogP contribution in [0.4, 0.5) is 0 Å². The maximum Gasteiger partial charge on any atom is 0.0548 e. The zero-order chi connectivity index (χ0) is 10.7. The summed E-state index contributed by atoms with van der Waals surface area (Å²) in [4.78, 5) is 0. The Morgan fingerprint density at radius 3 is 2.71 bits per heavy atom. The van der Waals surface area contributed by atoms with E-state index < -0.39 is 0 Å². The minimum atomic E-state index is 0.0875. The van der Waals surface area contributed by atoms with Crippen LogP contribution in [-0.2, 0) is 0 Å². The quantitative estimate of drug-likeness (QED) is 0.871. The number of benzene rings is 1. The number of hydrogen-bond donors (Lipinski definition) is 1. The van der Waals surface area contributed by atoms with Crippen molar-refractivity contribution in [1.29, 1.82) is 0 Å². The Hall–Kier alpha value is -0.310. The molecule has 14 heavy (non-hydrogen) atoms. The minimum absolute atomic E-state index is 0.0875. The molecule has 0 heterocycles. The van der Waals surface area contributed by atoms with Crippen LogP contribution in [0.2, 0.25) is 5.02 Å². The lowest BCUT2D eigenvalue weighted by atomic mass is 10.1. The van der Waals surface area contributed by atoms with Crippen LogP contribution in [0.1, 0.15) is 19.4 Å². The molecule has 3 heteroatoms. The zero-order valence-electron chi connectivity index (χ0n) is 8.22. The molecule has 1 rings (SSSR count). The van der Waals surface area contributed by atoms with Gasteiger partial charge in [0.1, 0.15) is 0 Å². The summed E-state index contributed by atoms with van der Waals surface area (Å²) in [7, 11) is 0. The van der Waals surface area contributed by atoms with Crippen molar-refractivity contribution in [3.63, 3.8) is 0 Å². The van der Waals surface area contributed by atoms with Gasteiger partial charge in [-0.2, -0.15) is 0 Å². The van der Waals surface area contributed by atoms with E-state index in [2.05, 4.69) is 22.0 Å². The largest absolute Gasteiger partial charge is 0.324 e. The smallest absolute Gasteiger partial charge is 0.0548 e. The molecule has 0 amide bonds. The lowest BCUT2D eigenvalue weighted by molar-refractivity contribution is 0.868. The molecule has 0 spiro atoms. The average Bonchev–Trinajstić information content (AvgIpc) is 2.11. The summed E-state index contributed by atoms with van der Waals surface area (Å²) in [5.74, 6) is 0. The van der Waals surface area contributed by atoms with Gasteiger partial charge < -0.3 is 5.73 Å². The number of halogens is 2. The molecule has 1 unspecified atom stereocenters. The van der Waals surface area contributed by atoms with E-state index in [1.807, 2.05) is 32.0 Å². The van der Waals surface area contributed by atoms with E-state index in [4.69, 9.17) is 17.3 Å². The lowest BCUT2D eigenvalue weighted by Gasteiger charge is -2.05. The highest BCUT2D eigenvalue weighted by molar-refractivity contribution is 9.10. The fraction of sp³-hybridized carbons (Fsp3) is 0.273. The fourth-order valence-electron chi connectivity index (χ4n) is 0.996. The van der Waals surface area contributed by atoms with Gasteiger partial charge in [-0.15, -0.1) is 0 Å². The molecular weight excluding hydrogens is 261 g/mol. The third kappa shape index (κ3) is 3.12. The Labute approximate surface area is 98.1 Å². The van der Waals surface area contributed by atoms with Crippen LogP contribution in [0.25, 0.3) is 6.08 Å². The molecule has 0 radical (unpaired) electrons. The van der Waals surface area contributed by atoms with Crippen molar-refractivity contribution in [2.75, 3.05) is 0 Å². The Bertz CT molecular complexity index is 358. The van der Waals surface area contributed by atoms with E-state index in [9.17, 15) is 0 Å². The number of rotatable bonds is 2. The van der Waals surface area contributed by atoms with Crippen LogP contribution in [-0.4, -0.2) is 6.04 Å². The first-order valence-corrected chi connectivity index (χ1v) is 5.56. The Balaban J connectivity index is 2.98. The highest BCUT2D eigenvalue weighted by atomic mass is 79.9. The first kappa shape index (κ1) is 11.8. The summed E-state index contributed by atoms with van der Waals surface area (Å²) in [6.07, 6.45) is 2.06. The van der Waals surface area contributed by atoms with Gasteiger partial charge in [-0.3, -0.25) is 0 Å².